The number of carbonyl (C=O) groups excluding carboxylic acids is 1. The number of nitrogens with one attached hydrogen (secondary N) is 1. The van der Waals surface area contributed by atoms with E-state index in [1.54, 1.807) is 31.5 Å². The fourth-order valence-corrected chi connectivity index (χ4v) is 2.23. The Kier molecular flexibility index (Phi) is 5.36. The van der Waals surface area contributed by atoms with Crippen LogP contribution in [0.4, 0.5) is 11.4 Å². The summed E-state index contributed by atoms with van der Waals surface area (Å²) in [6, 6.07) is 10.9. The number of ether oxygens (including phenoxy) is 1. The molecule has 1 amide bonds. The van der Waals surface area contributed by atoms with Gasteiger partial charge >= 0.3 is 0 Å². The van der Waals surface area contributed by atoms with Crippen LogP contribution in [0, 0.1) is 0 Å². The van der Waals surface area contributed by atoms with Gasteiger partial charge in [-0.25, -0.2) is 4.98 Å². The van der Waals surface area contributed by atoms with E-state index in [-0.39, 0.29) is 5.91 Å². The Morgan fingerprint density at radius 3 is 2.50 bits per heavy atom. The van der Waals surface area contributed by atoms with E-state index >= 15 is 0 Å². The molecule has 0 bridgehead atoms. The fourth-order valence-electron chi connectivity index (χ4n) is 2.23. The third-order valence-electron chi connectivity index (χ3n) is 3.46. The maximum absolute atomic E-state index is 12.3. The number of carbonyl (C=O) groups is 1. The standard InChI is InChI=1S/C17H21N3O2/c1-4-20(5-2)13-10-11-15(18-12-13)17(21)19-14-8-6-7-9-16(14)22-3/h6-12H,4-5H2,1-3H3,(H,19,21). The van der Waals surface area contributed by atoms with Crippen molar-refractivity contribution in [3.8, 4) is 5.75 Å². The van der Waals surface area contributed by atoms with Crippen LogP contribution in [0.25, 0.3) is 0 Å². The predicted octanol–water partition coefficient (Wildman–Crippen LogP) is 3.19. The Balaban J connectivity index is 2.13. The average molecular weight is 299 g/mol. The van der Waals surface area contributed by atoms with E-state index < -0.39 is 0 Å². The van der Waals surface area contributed by atoms with Gasteiger partial charge in [-0.2, -0.15) is 0 Å². The summed E-state index contributed by atoms with van der Waals surface area (Å²) in [5.41, 5.74) is 2.02. The van der Waals surface area contributed by atoms with Gasteiger partial charge in [0.1, 0.15) is 11.4 Å². The van der Waals surface area contributed by atoms with Crippen molar-refractivity contribution in [1.82, 2.24) is 4.98 Å². The molecule has 0 spiro atoms. The van der Waals surface area contributed by atoms with Gasteiger partial charge in [0.05, 0.1) is 24.7 Å². The summed E-state index contributed by atoms with van der Waals surface area (Å²) < 4.78 is 5.22. The van der Waals surface area contributed by atoms with Gasteiger partial charge in [0.2, 0.25) is 0 Å². The highest BCUT2D eigenvalue weighted by Crippen LogP contribution is 2.23. The zero-order valence-electron chi connectivity index (χ0n) is 13.2. The molecule has 0 saturated carbocycles. The number of benzene rings is 1. The number of methoxy groups -OCH3 is 1. The van der Waals surface area contributed by atoms with Crippen molar-refractivity contribution in [2.24, 2.45) is 0 Å². The number of aromatic nitrogens is 1. The second-order valence-electron chi connectivity index (χ2n) is 4.73. The van der Waals surface area contributed by atoms with Crippen molar-refractivity contribution >= 4 is 17.3 Å². The molecule has 5 heteroatoms. The van der Waals surface area contributed by atoms with E-state index in [1.807, 2.05) is 18.2 Å². The fraction of sp³-hybridized carbons (Fsp3) is 0.294. The van der Waals surface area contributed by atoms with Crippen LogP contribution < -0.4 is 15.0 Å². The molecule has 0 atom stereocenters. The van der Waals surface area contributed by atoms with E-state index in [4.69, 9.17) is 4.74 Å². The number of rotatable bonds is 6. The first-order valence-corrected chi connectivity index (χ1v) is 7.35. The second-order valence-corrected chi connectivity index (χ2v) is 4.73. The van der Waals surface area contributed by atoms with Crippen molar-refractivity contribution < 1.29 is 9.53 Å². The molecule has 0 fully saturated rings. The van der Waals surface area contributed by atoms with Crippen molar-refractivity contribution in [3.63, 3.8) is 0 Å². The number of amides is 1. The number of nitrogens with zero attached hydrogens (tertiary/aromatic N) is 2. The molecule has 1 N–H and O–H groups in total. The molecule has 22 heavy (non-hydrogen) atoms. The summed E-state index contributed by atoms with van der Waals surface area (Å²) in [5, 5.41) is 2.81. The normalized spacial score (nSPS) is 10.1. The topological polar surface area (TPSA) is 54.5 Å². The zero-order valence-corrected chi connectivity index (χ0v) is 13.2. The lowest BCUT2D eigenvalue weighted by Crippen LogP contribution is -2.22. The summed E-state index contributed by atoms with van der Waals surface area (Å²) in [5.74, 6) is 0.367. The first-order chi connectivity index (χ1) is 10.7. The lowest BCUT2D eigenvalue weighted by Gasteiger charge is -2.20. The largest absolute Gasteiger partial charge is 0.495 e. The number of pyridine rings is 1. The van der Waals surface area contributed by atoms with Gasteiger partial charge in [-0.05, 0) is 38.1 Å². The highest BCUT2D eigenvalue weighted by Gasteiger charge is 2.11. The third kappa shape index (κ3) is 3.55. The van der Waals surface area contributed by atoms with Crippen LogP contribution in [0.15, 0.2) is 42.6 Å². The summed E-state index contributed by atoms with van der Waals surface area (Å²) in [6.45, 7) is 5.99. The smallest absolute Gasteiger partial charge is 0.274 e. The van der Waals surface area contributed by atoms with E-state index in [9.17, 15) is 4.79 Å². The molecule has 5 nitrogen and oxygen atoms in total. The molecule has 0 aliphatic carbocycles. The highest BCUT2D eigenvalue weighted by atomic mass is 16.5. The molecule has 0 aliphatic heterocycles. The summed E-state index contributed by atoms with van der Waals surface area (Å²) in [7, 11) is 1.57. The van der Waals surface area contributed by atoms with Crippen LogP contribution in [0.5, 0.6) is 5.75 Å². The molecule has 2 rings (SSSR count). The van der Waals surface area contributed by atoms with E-state index in [1.165, 1.54) is 0 Å². The molecule has 1 aromatic heterocycles. The van der Waals surface area contributed by atoms with Crippen molar-refractivity contribution in [3.05, 3.63) is 48.3 Å². The van der Waals surface area contributed by atoms with E-state index in [2.05, 4.69) is 29.0 Å². The Morgan fingerprint density at radius 2 is 1.91 bits per heavy atom. The summed E-state index contributed by atoms with van der Waals surface area (Å²) in [4.78, 5) is 18.7. The second kappa shape index (κ2) is 7.45. The van der Waals surface area contributed by atoms with Crippen LogP contribution in [0.2, 0.25) is 0 Å². The van der Waals surface area contributed by atoms with Gasteiger partial charge in [0.25, 0.3) is 5.91 Å². The maximum atomic E-state index is 12.3. The monoisotopic (exact) mass is 299 g/mol. The number of hydrogen-bond donors (Lipinski definition) is 1. The molecule has 0 unspecified atom stereocenters. The number of hydrogen-bond acceptors (Lipinski definition) is 4. The van der Waals surface area contributed by atoms with Crippen LogP contribution in [0.1, 0.15) is 24.3 Å². The molecule has 1 heterocycles. The molecule has 0 saturated heterocycles. The molecular weight excluding hydrogens is 278 g/mol. The minimum Gasteiger partial charge on any atom is -0.495 e. The van der Waals surface area contributed by atoms with E-state index in [0.29, 0.717) is 17.1 Å². The van der Waals surface area contributed by atoms with Crippen molar-refractivity contribution in [1.29, 1.82) is 0 Å². The Labute approximate surface area is 130 Å². The molecule has 2 aromatic rings. The highest BCUT2D eigenvalue weighted by molar-refractivity contribution is 6.03. The van der Waals surface area contributed by atoms with Crippen molar-refractivity contribution in [2.75, 3.05) is 30.4 Å². The Hall–Kier alpha value is -2.56. The van der Waals surface area contributed by atoms with Gasteiger partial charge in [-0.15, -0.1) is 0 Å². The van der Waals surface area contributed by atoms with Crippen molar-refractivity contribution in [2.45, 2.75) is 13.8 Å². The molecule has 0 radical (unpaired) electrons. The lowest BCUT2D eigenvalue weighted by atomic mass is 10.2. The lowest BCUT2D eigenvalue weighted by molar-refractivity contribution is 0.102. The van der Waals surface area contributed by atoms with Gasteiger partial charge in [-0.3, -0.25) is 4.79 Å². The summed E-state index contributed by atoms with van der Waals surface area (Å²) >= 11 is 0. The average Bonchev–Trinajstić information content (AvgIpc) is 2.57. The van der Waals surface area contributed by atoms with Crippen LogP contribution in [-0.4, -0.2) is 31.1 Å². The molecule has 116 valence electrons. The number of anilines is 2. The Morgan fingerprint density at radius 1 is 1.18 bits per heavy atom. The SMILES string of the molecule is CCN(CC)c1ccc(C(=O)Nc2ccccc2OC)nc1. The third-order valence-corrected chi connectivity index (χ3v) is 3.46. The van der Waals surface area contributed by atoms with Crippen LogP contribution >= 0.6 is 0 Å². The minimum absolute atomic E-state index is 0.254. The first kappa shape index (κ1) is 15.8. The Bertz CT molecular complexity index is 622. The minimum atomic E-state index is -0.254. The van der Waals surface area contributed by atoms with Gasteiger partial charge < -0.3 is 15.0 Å². The number of para-hydroxylation sites is 2. The predicted molar refractivity (Wildman–Crippen MR) is 88.7 cm³/mol. The first-order valence-electron chi connectivity index (χ1n) is 7.35. The summed E-state index contributed by atoms with van der Waals surface area (Å²) in [6.07, 6.45) is 1.73. The van der Waals surface area contributed by atoms with Crippen LogP contribution in [-0.2, 0) is 0 Å². The maximum Gasteiger partial charge on any atom is 0.274 e. The molecular formula is C17H21N3O2. The zero-order chi connectivity index (χ0) is 15.9. The molecule has 0 aliphatic rings. The van der Waals surface area contributed by atoms with Crippen LogP contribution in [0.3, 0.4) is 0 Å². The van der Waals surface area contributed by atoms with Gasteiger partial charge in [0.15, 0.2) is 0 Å². The van der Waals surface area contributed by atoms with Gasteiger partial charge in [-0.1, -0.05) is 12.1 Å². The van der Waals surface area contributed by atoms with E-state index in [0.717, 1.165) is 18.8 Å². The van der Waals surface area contributed by atoms with Gasteiger partial charge in [0, 0.05) is 13.1 Å². The molecule has 1 aromatic carbocycles. The quantitative estimate of drug-likeness (QED) is 0.890.